The van der Waals surface area contributed by atoms with E-state index in [1.807, 2.05) is 0 Å². The Labute approximate surface area is 177 Å². The van der Waals surface area contributed by atoms with Crippen LogP contribution in [0.3, 0.4) is 0 Å². The Morgan fingerprint density at radius 3 is 1.76 bits per heavy atom. The van der Waals surface area contributed by atoms with Gasteiger partial charge in [0.15, 0.2) is 0 Å². The molecule has 0 aliphatic heterocycles. The van der Waals surface area contributed by atoms with Gasteiger partial charge in [-0.3, -0.25) is 4.52 Å². The van der Waals surface area contributed by atoms with Crippen LogP contribution in [0.15, 0.2) is 12.2 Å². The molecule has 29 heavy (non-hydrogen) atoms. The van der Waals surface area contributed by atoms with Crippen molar-refractivity contribution in [2.45, 2.75) is 104 Å². The van der Waals surface area contributed by atoms with Crippen LogP contribution in [-0.4, -0.2) is 28.0 Å². The summed E-state index contributed by atoms with van der Waals surface area (Å²) in [4.78, 5) is 31.4. The predicted molar refractivity (Wildman–Crippen MR) is 117 cm³/mol. The van der Waals surface area contributed by atoms with Crippen LogP contribution in [0.2, 0.25) is 0 Å². The summed E-state index contributed by atoms with van der Waals surface area (Å²) in [5.41, 5.74) is -0.946. The molecule has 2 atom stereocenters. The first-order valence-electron chi connectivity index (χ1n) is 11.1. The van der Waals surface area contributed by atoms with Crippen LogP contribution in [0.1, 0.15) is 98.8 Å². The van der Waals surface area contributed by atoms with Crippen LogP contribution >= 0.6 is 7.82 Å². The highest BCUT2D eigenvalue weighted by Crippen LogP contribution is 2.47. The highest BCUT2D eigenvalue weighted by Gasteiger charge is 2.42. The molecule has 0 spiro atoms. The van der Waals surface area contributed by atoms with Gasteiger partial charge in [0.05, 0.1) is 0 Å². The van der Waals surface area contributed by atoms with E-state index in [4.69, 9.17) is 9.26 Å². The van der Waals surface area contributed by atoms with Gasteiger partial charge < -0.3 is 14.5 Å². The summed E-state index contributed by atoms with van der Waals surface area (Å²) in [6.45, 7) is 13.4. The molecule has 7 heteroatoms. The van der Waals surface area contributed by atoms with Gasteiger partial charge in [-0.05, 0) is 31.6 Å². The number of hydrogen-bond acceptors (Lipinski definition) is 4. The van der Waals surface area contributed by atoms with Crippen molar-refractivity contribution in [3.8, 4) is 0 Å². The molecule has 0 saturated heterocycles. The number of carbonyl (C=O) groups is 1. The fourth-order valence-corrected chi connectivity index (χ4v) is 4.52. The van der Waals surface area contributed by atoms with E-state index < -0.39 is 19.4 Å². The zero-order valence-corrected chi connectivity index (χ0v) is 20.0. The molecule has 6 nitrogen and oxygen atoms in total. The summed E-state index contributed by atoms with van der Waals surface area (Å²) >= 11 is 0. The van der Waals surface area contributed by atoms with Crippen molar-refractivity contribution in [2.24, 2.45) is 11.8 Å². The normalized spacial score (nSPS) is 16.1. The van der Waals surface area contributed by atoms with E-state index in [2.05, 4.69) is 34.3 Å². The Morgan fingerprint density at radius 2 is 1.45 bits per heavy atom. The summed E-state index contributed by atoms with van der Waals surface area (Å²) in [5, 5.41) is 0. The first-order chi connectivity index (χ1) is 13.5. The molecule has 0 rings (SSSR count). The highest BCUT2D eigenvalue weighted by atomic mass is 31.2. The van der Waals surface area contributed by atoms with Crippen LogP contribution < -0.4 is 0 Å². The molecule has 2 N–H and O–H groups in total. The summed E-state index contributed by atoms with van der Waals surface area (Å²) in [6, 6.07) is 0. The van der Waals surface area contributed by atoms with E-state index in [1.165, 1.54) is 0 Å². The summed E-state index contributed by atoms with van der Waals surface area (Å²) < 4.78 is 22.8. The summed E-state index contributed by atoms with van der Waals surface area (Å²) in [7, 11) is -4.77. The van der Waals surface area contributed by atoms with Crippen LogP contribution in [-0.2, 0) is 18.6 Å². The van der Waals surface area contributed by atoms with Crippen molar-refractivity contribution in [2.75, 3.05) is 6.61 Å². The quantitative estimate of drug-likeness (QED) is 0.162. The number of rotatable bonds is 17. The second kappa shape index (κ2) is 14.3. The lowest BCUT2D eigenvalue weighted by molar-refractivity contribution is -0.148. The van der Waals surface area contributed by atoms with Gasteiger partial charge in [-0.2, -0.15) is 0 Å². The van der Waals surface area contributed by atoms with E-state index in [0.29, 0.717) is 12.8 Å². The molecule has 0 bridgehead atoms. The lowest BCUT2D eigenvalue weighted by atomic mass is 9.79. The number of hydrogen-bond donors (Lipinski definition) is 2. The first-order valence-corrected chi connectivity index (χ1v) is 12.6. The van der Waals surface area contributed by atoms with Gasteiger partial charge in [0.1, 0.15) is 12.2 Å². The Bertz CT molecular complexity index is 509. The maximum absolute atomic E-state index is 12.0. The maximum atomic E-state index is 12.0. The summed E-state index contributed by atoms with van der Waals surface area (Å²) in [6.07, 6.45) is 8.80. The SMILES string of the molecule is C=C(C)C(=O)OCC(CC(CC)CCCC)(CC(CC)CCCC)OP(=O)(O)O. The number of unbranched alkanes of at least 4 members (excludes halogenated alkanes) is 2. The minimum absolute atomic E-state index is 0.172. The smallest absolute Gasteiger partial charge is 0.459 e. The van der Waals surface area contributed by atoms with Gasteiger partial charge in [0.25, 0.3) is 0 Å². The standard InChI is InChI=1S/C22H43O6P/c1-7-11-13-19(9-3)15-22(28-29(24,25)26,17-27-21(23)18(5)6)16-20(10-4)14-12-8-2/h19-20H,5,7-17H2,1-4,6H3,(H2,24,25,26). The predicted octanol–water partition coefficient (Wildman–Crippen LogP) is 6.17. The average molecular weight is 435 g/mol. The third-order valence-electron chi connectivity index (χ3n) is 5.54. The number of phosphoric ester groups is 1. The number of ether oxygens (including phenoxy) is 1. The zero-order chi connectivity index (χ0) is 22.5. The molecule has 0 aliphatic rings. The van der Waals surface area contributed by atoms with Crippen LogP contribution in [0.4, 0.5) is 0 Å². The van der Waals surface area contributed by atoms with Gasteiger partial charge in [-0.1, -0.05) is 85.6 Å². The molecule has 0 aliphatic carbocycles. The molecule has 0 aromatic rings. The molecule has 0 saturated carbocycles. The minimum atomic E-state index is -4.77. The molecule has 0 heterocycles. The van der Waals surface area contributed by atoms with E-state index in [0.717, 1.165) is 51.4 Å². The number of esters is 1. The van der Waals surface area contributed by atoms with Crippen molar-refractivity contribution in [1.29, 1.82) is 0 Å². The third kappa shape index (κ3) is 12.6. The maximum Gasteiger partial charge on any atom is 0.470 e. The van der Waals surface area contributed by atoms with E-state index in [1.54, 1.807) is 6.92 Å². The van der Waals surface area contributed by atoms with Gasteiger partial charge in [0.2, 0.25) is 0 Å². The molecular formula is C22H43O6P. The Balaban J connectivity index is 5.83. The van der Waals surface area contributed by atoms with Gasteiger partial charge in [-0.15, -0.1) is 0 Å². The van der Waals surface area contributed by atoms with Gasteiger partial charge in [-0.25, -0.2) is 9.36 Å². The number of carbonyl (C=O) groups excluding carboxylic acids is 1. The Kier molecular flexibility index (Phi) is 14.0. The topological polar surface area (TPSA) is 93.1 Å². The molecule has 0 radical (unpaired) electrons. The van der Waals surface area contributed by atoms with Crippen molar-refractivity contribution in [3.05, 3.63) is 12.2 Å². The monoisotopic (exact) mass is 434 g/mol. The van der Waals surface area contributed by atoms with Gasteiger partial charge in [0, 0.05) is 5.57 Å². The molecular weight excluding hydrogens is 391 g/mol. The van der Waals surface area contributed by atoms with Crippen LogP contribution in [0.25, 0.3) is 0 Å². The van der Waals surface area contributed by atoms with Crippen molar-refractivity contribution < 1.29 is 28.4 Å². The van der Waals surface area contributed by atoms with Gasteiger partial charge >= 0.3 is 13.8 Å². The molecule has 2 unspecified atom stereocenters. The second-order valence-corrected chi connectivity index (χ2v) is 9.53. The lowest BCUT2D eigenvalue weighted by Crippen LogP contribution is -2.42. The number of phosphoric acid groups is 1. The Morgan fingerprint density at radius 1 is 1.00 bits per heavy atom. The minimum Gasteiger partial charge on any atom is -0.459 e. The van der Waals surface area contributed by atoms with E-state index >= 15 is 0 Å². The third-order valence-corrected chi connectivity index (χ3v) is 6.16. The summed E-state index contributed by atoms with van der Waals surface area (Å²) in [5.74, 6) is -0.0747. The molecule has 0 amide bonds. The first kappa shape index (κ1) is 28.3. The van der Waals surface area contributed by atoms with E-state index in [9.17, 15) is 19.1 Å². The Hall–Kier alpha value is -0.680. The lowest BCUT2D eigenvalue weighted by Gasteiger charge is -2.38. The van der Waals surface area contributed by atoms with Crippen molar-refractivity contribution >= 4 is 13.8 Å². The largest absolute Gasteiger partial charge is 0.470 e. The van der Waals surface area contributed by atoms with Crippen molar-refractivity contribution in [1.82, 2.24) is 0 Å². The zero-order valence-electron chi connectivity index (χ0n) is 19.1. The average Bonchev–Trinajstić information content (AvgIpc) is 2.65. The van der Waals surface area contributed by atoms with Crippen LogP contribution in [0.5, 0.6) is 0 Å². The molecule has 0 aromatic carbocycles. The fraction of sp³-hybridized carbons (Fsp3) is 0.864. The molecule has 172 valence electrons. The molecule has 0 aromatic heterocycles. The fourth-order valence-electron chi connectivity index (χ4n) is 3.81. The second-order valence-electron chi connectivity index (χ2n) is 8.36. The highest BCUT2D eigenvalue weighted by molar-refractivity contribution is 7.46. The van der Waals surface area contributed by atoms with Crippen LogP contribution in [0, 0.1) is 11.8 Å². The van der Waals surface area contributed by atoms with E-state index in [-0.39, 0.29) is 24.0 Å². The van der Waals surface area contributed by atoms with Crippen molar-refractivity contribution in [3.63, 3.8) is 0 Å². The molecule has 0 fully saturated rings.